The number of benzene rings is 1. The van der Waals surface area contributed by atoms with Crippen LogP contribution in [0.1, 0.15) is 12.5 Å². The van der Waals surface area contributed by atoms with Gasteiger partial charge in [0.25, 0.3) is 0 Å². The molecule has 0 unspecified atom stereocenters. The Morgan fingerprint density at radius 3 is 2.38 bits per heavy atom. The van der Waals surface area contributed by atoms with Gasteiger partial charge in [-0.25, -0.2) is 0 Å². The van der Waals surface area contributed by atoms with Gasteiger partial charge in [-0.15, -0.1) is 0 Å². The first kappa shape index (κ1) is 12.3. The van der Waals surface area contributed by atoms with Gasteiger partial charge in [0, 0.05) is 0 Å². The van der Waals surface area contributed by atoms with Crippen LogP contribution >= 0.6 is 0 Å². The Kier molecular flexibility index (Phi) is 3.06. The van der Waals surface area contributed by atoms with Crippen LogP contribution in [0.3, 0.4) is 0 Å². The van der Waals surface area contributed by atoms with Crippen LogP contribution in [0.5, 0.6) is 11.5 Å². The molecule has 16 heavy (non-hydrogen) atoms. The van der Waals surface area contributed by atoms with Crippen LogP contribution in [-0.2, 0) is 10.4 Å². The molecule has 0 spiro atoms. The molecule has 0 aliphatic rings. The number of carboxylic acids is 1. The van der Waals surface area contributed by atoms with E-state index in [-0.39, 0.29) is 11.3 Å². The monoisotopic (exact) mass is 227 g/mol. The molecule has 0 saturated carbocycles. The van der Waals surface area contributed by atoms with Crippen molar-refractivity contribution in [2.24, 2.45) is 5.73 Å². The standard InChI is InChI=1S/C10H13NO5/c1-10(16,8(11)9(14)15)5-2-3-6(12)7(13)4-5/h2-4,8,12-13,16H,11H2,1H3,(H,14,15)/t8-,10+/m0/s1. The van der Waals surface area contributed by atoms with Crippen LogP contribution in [0.4, 0.5) is 0 Å². The van der Waals surface area contributed by atoms with Gasteiger partial charge in [-0.3, -0.25) is 4.79 Å². The van der Waals surface area contributed by atoms with Crippen molar-refractivity contribution < 1.29 is 25.2 Å². The molecule has 0 heterocycles. The Bertz CT molecular complexity index is 416. The third-order valence-corrected chi connectivity index (χ3v) is 2.43. The van der Waals surface area contributed by atoms with Gasteiger partial charge in [0.15, 0.2) is 11.5 Å². The fourth-order valence-corrected chi connectivity index (χ4v) is 1.26. The van der Waals surface area contributed by atoms with E-state index in [2.05, 4.69) is 0 Å². The highest BCUT2D eigenvalue weighted by Gasteiger charge is 2.36. The molecule has 6 heteroatoms. The minimum Gasteiger partial charge on any atom is -0.504 e. The molecular weight excluding hydrogens is 214 g/mol. The Hall–Kier alpha value is -1.79. The number of aromatic hydroxyl groups is 2. The van der Waals surface area contributed by atoms with Crippen LogP contribution in [0.25, 0.3) is 0 Å². The Morgan fingerprint density at radius 2 is 1.94 bits per heavy atom. The van der Waals surface area contributed by atoms with Crippen molar-refractivity contribution in [3.8, 4) is 11.5 Å². The summed E-state index contributed by atoms with van der Waals surface area (Å²) in [6.45, 7) is 1.22. The Labute approximate surface area is 91.6 Å². The van der Waals surface area contributed by atoms with Crippen LogP contribution in [-0.4, -0.2) is 32.4 Å². The highest BCUT2D eigenvalue weighted by Crippen LogP contribution is 2.31. The van der Waals surface area contributed by atoms with Crippen molar-refractivity contribution in [3.63, 3.8) is 0 Å². The second kappa shape index (κ2) is 3.99. The summed E-state index contributed by atoms with van der Waals surface area (Å²) >= 11 is 0. The molecule has 0 amide bonds. The molecule has 88 valence electrons. The molecule has 6 N–H and O–H groups in total. The molecule has 0 aliphatic heterocycles. The van der Waals surface area contributed by atoms with E-state index in [1.807, 2.05) is 0 Å². The predicted molar refractivity (Wildman–Crippen MR) is 55.0 cm³/mol. The number of hydrogen-bond acceptors (Lipinski definition) is 5. The fourth-order valence-electron chi connectivity index (χ4n) is 1.26. The summed E-state index contributed by atoms with van der Waals surface area (Å²) in [5.41, 5.74) is 3.59. The Morgan fingerprint density at radius 1 is 1.38 bits per heavy atom. The van der Waals surface area contributed by atoms with E-state index in [0.717, 1.165) is 12.1 Å². The summed E-state index contributed by atoms with van der Waals surface area (Å²) in [6, 6.07) is 1.97. The highest BCUT2D eigenvalue weighted by atomic mass is 16.4. The number of aliphatic hydroxyl groups is 1. The third kappa shape index (κ3) is 2.07. The minimum atomic E-state index is -1.84. The molecule has 1 aromatic carbocycles. The molecule has 6 nitrogen and oxygen atoms in total. The second-order valence-corrected chi connectivity index (χ2v) is 3.67. The van der Waals surface area contributed by atoms with Crippen LogP contribution < -0.4 is 5.73 Å². The number of nitrogens with two attached hydrogens (primary N) is 1. The maximum Gasteiger partial charge on any atom is 0.323 e. The van der Waals surface area contributed by atoms with Crippen LogP contribution in [0.15, 0.2) is 18.2 Å². The molecule has 0 saturated heterocycles. The first-order valence-electron chi connectivity index (χ1n) is 4.50. The first-order chi connectivity index (χ1) is 7.26. The number of hydrogen-bond donors (Lipinski definition) is 5. The largest absolute Gasteiger partial charge is 0.504 e. The molecule has 1 aromatic rings. The van der Waals surface area contributed by atoms with Gasteiger partial charge in [0.1, 0.15) is 11.6 Å². The van der Waals surface area contributed by atoms with E-state index in [4.69, 9.17) is 15.9 Å². The first-order valence-corrected chi connectivity index (χ1v) is 4.50. The van der Waals surface area contributed by atoms with Gasteiger partial charge in [0.05, 0.1) is 0 Å². The normalized spacial score (nSPS) is 16.4. The van der Waals surface area contributed by atoms with E-state index in [0.29, 0.717) is 0 Å². The maximum absolute atomic E-state index is 10.7. The number of phenolic OH excluding ortho intramolecular Hbond substituents is 2. The summed E-state index contributed by atoms with van der Waals surface area (Å²) in [5.74, 6) is -2.17. The summed E-state index contributed by atoms with van der Waals surface area (Å²) < 4.78 is 0. The fraction of sp³-hybridized carbons (Fsp3) is 0.300. The van der Waals surface area contributed by atoms with Crippen molar-refractivity contribution in [3.05, 3.63) is 23.8 Å². The average Bonchev–Trinajstić information content (AvgIpc) is 2.20. The van der Waals surface area contributed by atoms with Gasteiger partial charge in [-0.1, -0.05) is 6.07 Å². The van der Waals surface area contributed by atoms with Crippen molar-refractivity contribution in [2.75, 3.05) is 0 Å². The van der Waals surface area contributed by atoms with E-state index in [1.165, 1.54) is 13.0 Å². The topological polar surface area (TPSA) is 124 Å². The van der Waals surface area contributed by atoms with E-state index in [1.54, 1.807) is 0 Å². The van der Waals surface area contributed by atoms with Gasteiger partial charge in [0.2, 0.25) is 0 Å². The molecule has 0 fully saturated rings. The molecule has 0 bridgehead atoms. The lowest BCUT2D eigenvalue weighted by Gasteiger charge is -2.27. The molecule has 1 rings (SSSR count). The zero-order valence-electron chi connectivity index (χ0n) is 8.58. The van der Waals surface area contributed by atoms with Gasteiger partial charge < -0.3 is 26.2 Å². The van der Waals surface area contributed by atoms with Crippen LogP contribution in [0, 0.1) is 0 Å². The maximum atomic E-state index is 10.7. The number of rotatable bonds is 3. The van der Waals surface area contributed by atoms with E-state index in [9.17, 15) is 15.0 Å². The highest BCUT2D eigenvalue weighted by molar-refractivity contribution is 5.75. The zero-order valence-corrected chi connectivity index (χ0v) is 8.58. The summed E-state index contributed by atoms with van der Waals surface area (Å²) in [5, 5.41) is 37.0. The third-order valence-electron chi connectivity index (χ3n) is 2.43. The van der Waals surface area contributed by atoms with Gasteiger partial charge in [-0.2, -0.15) is 0 Å². The van der Waals surface area contributed by atoms with Crippen molar-refractivity contribution in [1.82, 2.24) is 0 Å². The van der Waals surface area contributed by atoms with Crippen molar-refractivity contribution in [2.45, 2.75) is 18.6 Å². The summed E-state index contributed by atoms with van der Waals surface area (Å²) in [6.07, 6.45) is 0. The molecule has 0 radical (unpaired) electrons. The molecule has 0 aromatic heterocycles. The Balaban J connectivity index is 3.16. The van der Waals surface area contributed by atoms with Crippen LogP contribution in [0.2, 0.25) is 0 Å². The van der Waals surface area contributed by atoms with Crippen molar-refractivity contribution >= 4 is 5.97 Å². The number of phenols is 2. The smallest absolute Gasteiger partial charge is 0.323 e. The number of carboxylic acid groups (broad SMARTS) is 1. The lowest BCUT2D eigenvalue weighted by Crippen LogP contribution is -2.48. The van der Waals surface area contributed by atoms with E-state index < -0.39 is 23.4 Å². The number of carbonyl (C=O) groups is 1. The van der Waals surface area contributed by atoms with Crippen molar-refractivity contribution in [1.29, 1.82) is 0 Å². The van der Waals surface area contributed by atoms with Gasteiger partial charge >= 0.3 is 5.97 Å². The lowest BCUT2D eigenvalue weighted by molar-refractivity contribution is -0.145. The quantitative estimate of drug-likeness (QED) is 0.452. The van der Waals surface area contributed by atoms with E-state index >= 15 is 0 Å². The SMILES string of the molecule is C[C@@](O)(c1ccc(O)c(O)c1)[C@@H](N)C(=O)O. The minimum absolute atomic E-state index is 0.109. The number of aliphatic carboxylic acids is 1. The zero-order chi connectivity index (χ0) is 12.5. The lowest BCUT2D eigenvalue weighted by atomic mass is 9.88. The molecule has 0 aliphatic carbocycles. The second-order valence-electron chi connectivity index (χ2n) is 3.67. The molecule has 2 atom stereocenters. The van der Waals surface area contributed by atoms with Gasteiger partial charge in [-0.05, 0) is 24.6 Å². The molecular formula is C10H13NO5. The average molecular weight is 227 g/mol. The predicted octanol–water partition coefficient (Wildman–Crippen LogP) is -0.283. The summed E-state index contributed by atoms with van der Waals surface area (Å²) in [7, 11) is 0. The summed E-state index contributed by atoms with van der Waals surface area (Å²) in [4.78, 5) is 10.7.